The lowest BCUT2D eigenvalue weighted by molar-refractivity contribution is 0.300. The molecular weight excluding hydrogens is 280 g/mol. The minimum atomic E-state index is 0.214. The van der Waals surface area contributed by atoms with Crippen LogP contribution >= 0.6 is 43.2 Å². The van der Waals surface area contributed by atoms with Crippen molar-refractivity contribution in [1.82, 2.24) is 0 Å². The van der Waals surface area contributed by atoms with Gasteiger partial charge in [-0.15, -0.1) is 11.3 Å². The van der Waals surface area contributed by atoms with Crippen molar-refractivity contribution >= 4 is 43.2 Å². The van der Waals surface area contributed by atoms with E-state index in [1.807, 2.05) is 6.07 Å². The normalized spacial score (nSPS) is 10.3. The molecule has 0 saturated carbocycles. The fourth-order valence-corrected chi connectivity index (χ4v) is 3.35. The van der Waals surface area contributed by atoms with Gasteiger partial charge in [-0.1, -0.05) is 0 Å². The number of hydrogen-bond donors (Lipinski definition) is 1. The van der Waals surface area contributed by atoms with E-state index in [1.54, 1.807) is 11.3 Å². The van der Waals surface area contributed by atoms with Crippen molar-refractivity contribution in [2.75, 3.05) is 6.61 Å². The molecule has 56 valence electrons. The van der Waals surface area contributed by atoms with Crippen LogP contribution in [0.3, 0.4) is 0 Å². The molecule has 0 amide bonds. The van der Waals surface area contributed by atoms with Gasteiger partial charge in [0.1, 0.15) is 0 Å². The van der Waals surface area contributed by atoms with E-state index in [4.69, 9.17) is 5.11 Å². The van der Waals surface area contributed by atoms with Crippen LogP contribution in [-0.4, -0.2) is 11.7 Å². The van der Waals surface area contributed by atoms with Crippen LogP contribution in [-0.2, 0) is 6.42 Å². The zero-order valence-electron chi connectivity index (χ0n) is 5.10. The lowest BCUT2D eigenvalue weighted by Gasteiger charge is -1.90. The molecule has 4 heteroatoms. The molecule has 0 spiro atoms. The summed E-state index contributed by atoms with van der Waals surface area (Å²) in [5.41, 5.74) is 0. The van der Waals surface area contributed by atoms with Crippen molar-refractivity contribution in [1.29, 1.82) is 0 Å². The summed E-state index contributed by atoms with van der Waals surface area (Å²) in [6, 6.07) is 2.00. The van der Waals surface area contributed by atoms with Gasteiger partial charge in [-0.3, -0.25) is 0 Å². The number of hydrogen-bond acceptors (Lipinski definition) is 2. The fourth-order valence-electron chi connectivity index (χ4n) is 0.648. The Kier molecular flexibility index (Phi) is 3.36. The summed E-state index contributed by atoms with van der Waals surface area (Å²) < 4.78 is 2.18. The van der Waals surface area contributed by atoms with Gasteiger partial charge in [0.15, 0.2) is 0 Å². The van der Waals surface area contributed by atoms with Gasteiger partial charge in [0.25, 0.3) is 0 Å². The molecule has 1 aromatic rings. The Bertz CT molecular complexity index is 222. The predicted molar refractivity (Wildman–Crippen MR) is 50.5 cm³/mol. The van der Waals surface area contributed by atoms with Gasteiger partial charge in [0.05, 0.1) is 3.79 Å². The van der Waals surface area contributed by atoms with Crippen molar-refractivity contribution in [2.24, 2.45) is 0 Å². The lowest BCUT2D eigenvalue weighted by Crippen LogP contribution is -1.85. The summed E-state index contributed by atoms with van der Waals surface area (Å²) in [6.07, 6.45) is 0.733. The molecule has 0 bridgehead atoms. The van der Waals surface area contributed by atoms with Crippen LogP contribution in [0, 0.1) is 0 Å². The summed E-state index contributed by atoms with van der Waals surface area (Å²) in [7, 11) is 0. The molecule has 0 unspecified atom stereocenters. The largest absolute Gasteiger partial charge is 0.396 e. The summed E-state index contributed by atoms with van der Waals surface area (Å²) >= 11 is 8.40. The monoisotopic (exact) mass is 284 g/mol. The minimum absolute atomic E-state index is 0.214. The number of aliphatic hydroxyl groups is 1. The smallest absolute Gasteiger partial charge is 0.0713 e. The fraction of sp³-hybridized carbons (Fsp3) is 0.333. The highest BCUT2D eigenvalue weighted by molar-refractivity contribution is 9.11. The van der Waals surface area contributed by atoms with Gasteiger partial charge >= 0.3 is 0 Å². The number of rotatable bonds is 2. The Hall–Kier alpha value is 0.620. The molecule has 0 fully saturated rings. The average molecular weight is 286 g/mol. The van der Waals surface area contributed by atoms with Gasteiger partial charge in [-0.05, 0) is 37.9 Å². The first-order chi connectivity index (χ1) is 4.74. The maximum atomic E-state index is 8.62. The van der Waals surface area contributed by atoms with Crippen molar-refractivity contribution in [3.05, 3.63) is 19.2 Å². The van der Waals surface area contributed by atoms with Gasteiger partial charge in [0.2, 0.25) is 0 Å². The topological polar surface area (TPSA) is 20.2 Å². The van der Waals surface area contributed by atoms with Crippen LogP contribution in [0.25, 0.3) is 0 Å². The zero-order chi connectivity index (χ0) is 7.56. The van der Waals surface area contributed by atoms with E-state index in [-0.39, 0.29) is 6.61 Å². The standard InChI is InChI=1S/C6H6Br2OS/c7-4-3-6(8)10-5(4)1-2-9/h3,9H,1-2H2. The SMILES string of the molecule is OCCc1sc(Br)cc1Br. The molecule has 1 rings (SSSR count). The molecule has 0 aromatic carbocycles. The van der Waals surface area contributed by atoms with E-state index < -0.39 is 0 Å². The Morgan fingerprint density at radius 1 is 1.50 bits per heavy atom. The van der Waals surface area contributed by atoms with Crippen LogP contribution in [0.1, 0.15) is 4.88 Å². The molecule has 0 aliphatic heterocycles. The second-order valence-electron chi connectivity index (χ2n) is 1.80. The third-order valence-corrected chi connectivity index (χ3v) is 3.73. The van der Waals surface area contributed by atoms with Crippen LogP contribution in [0.5, 0.6) is 0 Å². The van der Waals surface area contributed by atoms with E-state index in [0.717, 1.165) is 14.7 Å². The second kappa shape index (κ2) is 3.85. The Morgan fingerprint density at radius 2 is 2.20 bits per heavy atom. The van der Waals surface area contributed by atoms with Gasteiger partial charge in [-0.2, -0.15) is 0 Å². The molecule has 0 saturated heterocycles. The van der Waals surface area contributed by atoms with Gasteiger partial charge in [0, 0.05) is 22.4 Å². The van der Waals surface area contributed by atoms with Gasteiger partial charge < -0.3 is 5.11 Å². The number of thiophene rings is 1. The third kappa shape index (κ3) is 2.05. The molecule has 1 heterocycles. The molecule has 0 atom stereocenters. The number of aliphatic hydroxyl groups excluding tert-OH is 1. The lowest BCUT2D eigenvalue weighted by atomic mass is 10.4. The molecule has 1 aromatic heterocycles. The summed E-state index contributed by atoms with van der Waals surface area (Å²) in [5, 5.41) is 8.62. The van der Waals surface area contributed by atoms with E-state index in [9.17, 15) is 0 Å². The maximum absolute atomic E-state index is 8.62. The highest BCUT2D eigenvalue weighted by Gasteiger charge is 2.02. The first-order valence-electron chi connectivity index (χ1n) is 2.78. The van der Waals surface area contributed by atoms with E-state index >= 15 is 0 Å². The maximum Gasteiger partial charge on any atom is 0.0713 e. The number of halogens is 2. The molecule has 0 aliphatic rings. The highest BCUT2D eigenvalue weighted by atomic mass is 79.9. The van der Waals surface area contributed by atoms with Crippen molar-refractivity contribution in [3.63, 3.8) is 0 Å². The summed E-state index contributed by atoms with van der Waals surface area (Å²) in [5.74, 6) is 0. The molecule has 1 N–H and O–H groups in total. The van der Waals surface area contributed by atoms with Crippen LogP contribution in [0.4, 0.5) is 0 Å². The third-order valence-electron chi connectivity index (χ3n) is 1.07. The first-order valence-corrected chi connectivity index (χ1v) is 5.19. The van der Waals surface area contributed by atoms with E-state index in [2.05, 4.69) is 31.9 Å². The summed E-state index contributed by atoms with van der Waals surface area (Å²) in [6.45, 7) is 0.214. The van der Waals surface area contributed by atoms with Crippen molar-refractivity contribution in [2.45, 2.75) is 6.42 Å². The molecule has 1 nitrogen and oxygen atoms in total. The zero-order valence-corrected chi connectivity index (χ0v) is 9.09. The Morgan fingerprint density at radius 3 is 2.60 bits per heavy atom. The highest BCUT2D eigenvalue weighted by Crippen LogP contribution is 2.31. The molecule has 10 heavy (non-hydrogen) atoms. The Labute approximate surface area is 80.3 Å². The van der Waals surface area contributed by atoms with Crippen molar-refractivity contribution in [3.8, 4) is 0 Å². The quantitative estimate of drug-likeness (QED) is 0.886. The van der Waals surface area contributed by atoms with Gasteiger partial charge in [-0.25, -0.2) is 0 Å². The van der Waals surface area contributed by atoms with Crippen LogP contribution in [0.15, 0.2) is 14.3 Å². The molecule has 0 radical (unpaired) electrons. The van der Waals surface area contributed by atoms with Crippen LogP contribution in [0.2, 0.25) is 0 Å². The average Bonchev–Trinajstić information content (AvgIpc) is 2.13. The first kappa shape index (κ1) is 8.71. The predicted octanol–water partition coefficient (Wildman–Crippen LogP) is 2.81. The summed E-state index contributed by atoms with van der Waals surface area (Å²) in [4.78, 5) is 1.19. The molecule has 0 aliphatic carbocycles. The molecular formula is C6H6Br2OS. The Balaban J connectivity index is 2.81. The second-order valence-corrected chi connectivity index (χ2v) is 5.17. The van der Waals surface area contributed by atoms with Crippen molar-refractivity contribution < 1.29 is 5.11 Å². The van der Waals surface area contributed by atoms with E-state index in [1.165, 1.54) is 4.88 Å². The van der Waals surface area contributed by atoms with E-state index in [0.29, 0.717) is 0 Å². The van der Waals surface area contributed by atoms with Crippen LogP contribution < -0.4 is 0 Å². The minimum Gasteiger partial charge on any atom is -0.396 e.